The first kappa shape index (κ1) is 13.4. The molecular weight excluding hydrogens is 208 g/mol. The molecule has 0 aromatic carbocycles. The van der Waals surface area contributed by atoms with Gasteiger partial charge in [-0.1, -0.05) is 26.7 Å². The van der Waals surface area contributed by atoms with E-state index in [0.717, 1.165) is 23.8 Å². The lowest BCUT2D eigenvalue weighted by molar-refractivity contribution is 0.164. The van der Waals surface area contributed by atoms with Crippen LogP contribution in [0.5, 0.6) is 0 Å². The number of nitrogens with one attached hydrogen (secondary N) is 1. The fraction of sp³-hybridized carbons (Fsp3) is 1.00. The molecule has 2 nitrogen and oxygen atoms in total. The van der Waals surface area contributed by atoms with Crippen LogP contribution in [0.2, 0.25) is 0 Å². The number of nitrogens with zero attached hydrogens (tertiary/aromatic N) is 1. The molecule has 1 aliphatic heterocycles. The van der Waals surface area contributed by atoms with E-state index in [0.29, 0.717) is 0 Å². The maximum atomic E-state index is 3.86. The van der Waals surface area contributed by atoms with Crippen LogP contribution in [0.15, 0.2) is 0 Å². The SMILES string of the molecule is CC1CCCC(CNC2CCN(C)CC2C)C1. The van der Waals surface area contributed by atoms with Crippen molar-refractivity contribution >= 4 is 0 Å². The number of rotatable bonds is 3. The summed E-state index contributed by atoms with van der Waals surface area (Å²) in [5.74, 6) is 2.73. The van der Waals surface area contributed by atoms with E-state index in [-0.39, 0.29) is 0 Å². The predicted octanol–water partition coefficient (Wildman–Crippen LogP) is 2.74. The van der Waals surface area contributed by atoms with Gasteiger partial charge in [-0.25, -0.2) is 0 Å². The highest BCUT2D eigenvalue weighted by Crippen LogP contribution is 2.28. The average molecular weight is 238 g/mol. The van der Waals surface area contributed by atoms with Gasteiger partial charge in [-0.05, 0) is 57.2 Å². The molecule has 2 heteroatoms. The van der Waals surface area contributed by atoms with E-state index in [1.165, 1.54) is 51.7 Å². The van der Waals surface area contributed by atoms with Crippen LogP contribution < -0.4 is 5.32 Å². The predicted molar refractivity (Wildman–Crippen MR) is 74.2 cm³/mol. The Morgan fingerprint density at radius 1 is 1.18 bits per heavy atom. The number of hydrogen-bond donors (Lipinski definition) is 1. The van der Waals surface area contributed by atoms with Crippen LogP contribution >= 0.6 is 0 Å². The van der Waals surface area contributed by atoms with Crippen LogP contribution in [0.1, 0.15) is 46.0 Å². The van der Waals surface area contributed by atoms with Crippen LogP contribution in [0.3, 0.4) is 0 Å². The molecule has 17 heavy (non-hydrogen) atoms. The van der Waals surface area contributed by atoms with Crippen LogP contribution in [0.25, 0.3) is 0 Å². The molecule has 2 rings (SSSR count). The van der Waals surface area contributed by atoms with Gasteiger partial charge in [0, 0.05) is 12.6 Å². The zero-order valence-corrected chi connectivity index (χ0v) is 11.9. The second kappa shape index (κ2) is 6.19. The minimum atomic E-state index is 0.767. The van der Waals surface area contributed by atoms with E-state index >= 15 is 0 Å². The van der Waals surface area contributed by atoms with E-state index in [4.69, 9.17) is 0 Å². The third-order valence-corrected chi connectivity index (χ3v) is 4.82. The fourth-order valence-corrected chi connectivity index (χ4v) is 3.72. The quantitative estimate of drug-likeness (QED) is 0.813. The van der Waals surface area contributed by atoms with Gasteiger partial charge in [0.25, 0.3) is 0 Å². The molecule has 0 spiro atoms. The molecule has 1 N–H and O–H groups in total. The second-order valence-electron chi connectivity index (χ2n) is 6.68. The minimum Gasteiger partial charge on any atom is -0.313 e. The summed E-state index contributed by atoms with van der Waals surface area (Å²) in [6.07, 6.45) is 7.16. The molecule has 1 heterocycles. The van der Waals surface area contributed by atoms with Crippen LogP contribution in [0.4, 0.5) is 0 Å². The van der Waals surface area contributed by atoms with Gasteiger partial charge in [-0.2, -0.15) is 0 Å². The van der Waals surface area contributed by atoms with E-state index in [2.05, 4.69) is 31.1 Å². The highest BCUT2D eigenvalue weighted by atomic mass is 15.1. The fourth-order valence-electron chi connectivity index (χ4n) is 3.72. The largest absolute Gasteiger partial charge is 0.313 e. The van der Waals surface area contributed by atoms with Gasteiger partial charge >= 0.3 is 0 Å². The molecular formula is C15H30N2. The lowest BCUT2D eigenvalue weighted by Crippen LogP contribution is -2.48. The topological polar surface area (TPSA) is 15.3 Å². The summed E-state index contributed by atoms with van der Waals surface area (Å²) < 4.78 is 0. The summed E-state index contributed by atoms with van der Waals surface area (Å²) in [7, 11) is 2.25. The van der Waals surface area contributed by atoms with Crippen molar-refractivity contribution in [2.24, 2.45) is 17.8 Å². The Kier molecular flexibility index (Phi) is 4.87. The van der Waals surface area contributed by atoms with Crippen LogP contribution in [-0.4, -0.2) is 37.6 Å². The van der Waals surface area contributed by atoms with Gasteiger partial charge in [0.15, 0.2) is 0 Å². The van der Waals surface area contributed by atoms with Gasteiger partial charge in [0.1, 0.15) is 0 Å². The Labute approximate surface area is 107 Å². The number of hydrogen-bond acceptors (Lipinski definition) is 2. The van der Waals surface area contributed by atoms with Crippen molar-refractivity contribution in [2.45, 2.75) is 52.0 Å². The number of piperidine rings is 1. The summed E-state index contributed by atoms with van der Waals surface area (Å²) in [6.45, 7) is 8.62. The Morgan fingerprint density at radius 3 is 2.71 bits per heavy atom. The zero-order chi connectivity index (χ0) is 12.3. The third-order valence-electron chi connectivity index (χ3n) is 4.82. The molecule has 1 aliphatic carbocycles. The first-order chi connectivity index (χ1) is 8.15. The smallest absolute Gasteiger partial charge is 0.0117 e. The lowest BCUT2D eigenvalue weighted by atomic mass is 9.82. The van der Waals surface area contributed by atoms with Crippen LogP contribution in [0, 0.1) is 17.8 Å². The standard InChI is InChI=1S/C15H30N2/c1-12-5-4-6-14(9-12)10-16-15-7-8-17(3)11-13(15)2/h12-16H,4-11H2,1-3H3. The van der Waals surface area contributed by atoms with E-state index < -0.39 is 0 Å². The van der Waals surface area contributed by atoms with Crippen molar-refractivity contribution in [3.63, 3.8) is 0 Å². The van der Waals surface area contributed by atoms with Crippen molar-refractivity contribution in [1.82, 2.24) is 10.2 Å². The van der Waals surface area contributed by atoms with Crippen molar-refractivity contribution in [1.29, 1.82) is 0 Å². The molecule has 100 valence electrons. The number of likely N-dealkylation sites (tertiary alicyclic amines) is 1. The highest BCUT2D eigenvalue weighted by Gasteiger charge is 2.25. The molecule has 0 aromatic rings. The first-order valence-electron chi connectivity index (χ1n) is 7.57. The Balaban J connectivity index is 1.70. The summed E-state index contributed by atoms with van der Waals surface area (Å²) in [4.78, 5) is 2.46. The molecule has 1 saturated carbocycles. The lowest BCUT2D eigenvalue weighted by Gasteiger charge is -2.37. The molecule has 2 aliphatic rings. The molecule has 1 saturated heterocycles. The molecule has 0 amide bonds. The Bertz CT molecular complexity index is 229. The molecule has 0 aromatic heterocycles. The van der Waals surface area contributed by atoms with E-state index in [9.17, 15) is 0 Å². The molecule has 0 bridgehead atoms. The van der Waals surface area contributed by atoms with Gasteiger partial charge < -0.3 is 10.2 Å². The van der Waals surface area contributed by atoms with Gasteiger partial charge in [0.05, 0.1) is 0 Å². The van der Waals surface area contributed by atoms with E-state index in [1.54, 1.807) is 0 Å². The van der Waals surface area contributed by atoms with Crippen molar-refractivity contribution in [2.75, 3.05) is 26.7 Å². The van der Waals surface area contributed by atoms with Crippen molar-refractivity contribution in [3.05, 3.63) is 0 Å². The molecule has 2 fully saturated rings. The first-order valence-corrected chi connectivity index (χ1v) is 7.57. The summed E-state index contributed by atoms with van der Waals surface area (Å²) >= 11 is 0. The minimum absolute atomic E-state index is 0.767. The second-order valence-corrected chi connectivity index (χ2v) is 6.68. The Hall–Kier alpha value is -0.0800. The maximum Gasteiger partial charge on any atom is 0.0117 e. The summed E-state index contributed by atoms with van der Waals surface area (Å²) in [5.41, 5.74) is 0. The zero-order valence-electron chi connectivity index (χ0n) is 11.9. The van der Waals surface area contributed by atoms with Gasteiger partial charge in [0.2, 0.25) is 0 Å². The summed E-state index contributed by atoms with van der Waals surface area (Å²) in [6, 6.07) is 0.767. The van der Waals surface area contributed by atoms with Crippen LogP contribution in [-0.2, 0) is 0 Å². The highest BCUT2D eigenvalue weighted by molar-refractivity contribution is 4.83. The Morgan fingerprint density at radius 2 is 2.00 bits per heavy atom. The van der Waals surface area contributed by atoms with Gasteiger partial charge in [-0.3, -0.25) is 0 Å². The van der Waals surface area contributed by atoms with Crippen molar-refractivity contribution < 1.29 is 0 Å². The molecule has 4 atom stereocenters. The monoisotopic (exact) mass is 238 g/mol. The maximum absolute atomic E-state index is 3.86. The average Bonchev–Trinajstić information content (AvgIpc) is 2.28. The van der Waals surface area contributed by atoms with E-state index in [1.807, 2.05) is 0 Å². The van der Waals surface area contributed by atoms with Gasteiger partial charge in [-0.15, -0.1) is 0 Å². The third kappa shape index (κ3) is 3.96. The molecule has 4 unspecified atom stereocenters. The normalized spacial score (nSPS) is 40.4. The van der Waals surface area contributed by atoms with Crippen molar-refractivity contribution in [3.8, 4) is 0 Å². The molecule has 0 radical (unpaired) electrons. The summed E-state index contributed by atoms with van der Waals surface area (Å²) in [5, 5.41) is 3.86.